The van der Waals surface area contributed by atoms with Gasteiger partial charge in [0.15, 0.2) is 0 Å². The lowest BCUT2D eigenvalue weighted by molar-refractivity contribution is 0.460. The Hall–Kier alpha value is -2.85. The smallest absolute Gasteiger partial charge is 0.237 e. The first-order valence-electron chi connectivity index (χ1n) is 5.28. The van der Waals surface area contributed by atoms with Gasteiger partial charge >= 0.3 is 0 Å². The minimum Gasteiger partial charge on any atom is -0.438 e. The predicted molar refractivity (Wildman–Crippen MR) is 64.9 cm³/mol. The fraction of sp³-hybridized carbons (Fsp3) is 0.0714. The predicted octanol–water partition coefficient (Wildman–Crippen LogP) is 2.93. The van der Waals surface area contributed by atoms with Crippen LogP contribution in [0.15, 0.2) is 36.4 Å². The standard InChI is InChI=1S/C14H9N3O/c1-10-5-6-12(9-16)14(17-10)18-13-4-2-3-11(7-13)8-15/h2-7H,1H3. The van der Waals surface area contributed by atoms with E-state index in [1.807, 2.05) is 19.1 Å². The summed E-state index contributed by atoms with van der Waals surface area (Å²) in [7, 11) is 0. The van der Waals surface area contributed by atoms with Crippen molar-refractivity contribution in [1.29, 1.82) is 10.5 Å². The van der Waals surface area contributed by atoms with Gasteiger partial charge in [-0.15, -0.1) is 0 Å². The highest BCUT2D eigenvalue weighted by Gasteiger charge is 2.07. The highest BCUT2D eigenvalue weighted by Crippen LogP contribution is 2.23. The lowest BCUT2D eigenvalue weighted by Gasteiger charge is -2.06. The lowest BCUT2D eigenvalue weighted by atomic mass is 10.2. The second-order valence-corrected chi connectivity index (χ2v) is 3.66. The summed E-state index contributed by atoms with van der Waals surface area (Å²) < 4.78 is 5.54. The zero-order valence-electron chi connectivity index (χ0n) is 9.71. The minimum atomic E-state index is 0.257. The van der Waals surface area contributed by atoms with E-state index >= 15 is 0 Å². The summed E-state index contributed by atoms with van der Waals surface area (Å²) >= 11 is 0. The molecule has 1 aromatic heterocycles. The number of aryl methyl sites for hydroxylation is 1. The van der Waals surface area contributed by atoms with Gasteiger partial charge in [-0.2, -0.15) is 10.5 Å². The van der Waals surface area contributed by atoms with E-state index in [1.165, 1.54) is 0 Å². The first-order valence-corrected chi connectivity index (χ1v) is 5.28. The quantitative estimate of drug-likeness (QED) is 0.802. The molecule has 0 radical (unpaired) electrons. The minimum absolute atomic E-state index is 0.257. The molecule has 0 aliphatic rings. The van der Waals surface area contributed by atoms with Crippen molar-refractivity contribution in [2.24, 2.45) is 0 Å². The molecule has 0 spiro atoms. The summed E-state index contributed by atoms with van der Waals surface area (Å²) in [5.41, 5.74) is 1.63. The molecule has 0 unspecified atom stereocenters. The summed E-state index contributed by atoms with van der Waals surface area (Å²) in [5, 5.41) is 17.8. The molecule has 18 heavy (non-hydrogen) atoms. The third-order valence-electron chi connectivity index (χ3n) is 2.30. The van der Waals surface area contributed by atoms with Gasteiger partial charge in [-0.25, -0.2) is 4.98 Å². The van der Waals surface area contributed by atoms with Gasteiger partial charge in [0.05, 0.1) is 11.6 Å². The van der Waals surface area contributed by atoms with E-state index < -0.39 is 0 Å². The number of ether oxygens (including phenoxy) is 1. The van der Waals surface area contributed by atoms with Crippen LogP contribution in [0.1, 0.15) is 16.8 Å². The molecule has 86 valence electrons. The van der Waals surface area contributed by atoms with Crippen molar-refractivity contribution < 1.29 is 4.74 Å². The number of nitrogens with zero attached hydrogens (tertiary/aromatic N) is 3. The van der Waals surface area contributed by atoms with Crippen molar-refractivity contribution in [1.82, 2.24) is 4.98 Å². The molecule has 0 N–H and O–H groups in total. The van der Waals surface area contributed by atoms with Crippen LogP contribution in [-0.4, -0.2) is 4.98 Å². The monoisotopic (exact) mass is 235 g/mol. The molecule has 0 fully saturated rings. The average molecular weight is 235 g/mol. The van der Waals surface area contributed by atoms with Crippen LogP contribution >= 0.6 is 0 Å². The normalized spacial score (nSPS) is 9.28. The molecule has 0 amide bonds. The molecular formula is C14H9N3O. The zero-order valence-corrected chi connectivity index (χ0v) is 9.71. The van der Waals surface area contributed by atoms with Gasteiger partial charge < -0.3 is 4.74 Å². The SMILES string of the molecule is Cc1ccc(C#N)c(Oc2cccc(C#N)c2)n1. The third kappa shape index (κ3) is 2.45. The average Bonchev–Trinajstić information content (AvgIpc) is 2.39. The topological polar surface area (TPSA) is 69.7 Å². The van der Waals surface area contributed by atoms with Crippen LogP contribution in [0.3, 0.4) is 0 Å². The van der Waals surface area contributed by atoms with Crippen LogP contribution in [-0.2, 0) is 0 Å². The van der Waals surface area contributed by atoms with E-state index in [4.69, 9.17) is 15.3 Å². The highest BCUT2D eigenvalue weighted by molar-refractivity contribution is 5.43. The van der Waals surface area contributed by atoms with E-state index in [0.717, 1.165) is 5.69 Å². The molecule has 0 bridgehead atoms. The molecule has 0 aliphatic heterocycles. The number of aromatic nitrogens is 1. The molecular weight excluding hydrogens is 226 g/mol. The molecule has 2 aromatic rings. The van der Waals surface area contributed by atoms with Gasteiger partial charge in [-0.05, 0) is 37.3 Å². The summed E-state index contributed by atoms with van der Waals surface area (Å²) in [4.78, 5) is 4.17. The number of rotatable bonds is 2. The van der Waals surface area contributed by atoms with Crippen LogP contribution in [0.4, 0.5) is 0 Å². The van der Waals surface area contributed by atoms with E-state index in [1.54, 1.807) is 36.4 Å². The van der Waals surface area contributed by atoms with Crippen molar-refractivity contribution in [3.8, 4) is 23.8 Å². The number of nitriles is 2. The lowest BCUT2D eigenvalue weighted by Crippen LogP contribution is -1.94. The molecule has 2 rings (SSSR count). The Morgan fingerprint density at radius 2 is 1.94 bits per heavy atom. The molecule has 4 nitrogen and oxygen atoms in total. The first kappa shape index (κ1) is 11.6. The van der Waals surface area contributed by atoms with E-state index in [-0.39, 0.29) is 5.88 Å². The Labute approximate surface area is 105 Å². The molecule has 1 aromatic carbocycles. The molecule has 0 aliphatic carbocycles. The van der Waals surface area contributed by atoms with Gasteiger partial charge in [-0.3, -0.25) is 0 Å². The van der Waals surface area contributed by atoms with Gasteiger partial charge in [0.2, 0.25) is 5.88 Å². The van der Waals surface area contributed by atoms with Gasteiger partial charge in [0, 0.05) is 5.69 Å². The molecule has 1 heterocycles. The van der Waals surface area contributed by atoms with Crippen LogP contribution in [0.25, 0.3) is 0 Å². The maximum absolute atomic E-state index is 8.97. The van der Waals surface area contributed by atoms with Crippen LogP contribution < -0.4 is 4.74 Å². The van der Waals surface area contributed by atoms with E-state index in [0.29, 0.717) is 16.9 Å². The van der Waals surface area contributed by atoms with Crippen molar-refractivity contribution in [3.63, 3.8) is 0 Å². The van der Waals surface area contributed by atoms with Crippen molar-refractivity contribution in [3.05, 3.63) is 53.2 Å². The second-order valence-electron chi connectivity index (χ2n) is 3.66. The number of benzene rings is 1. The molecule has 0 saturated heterocycles. The number of hydrogen-bond donors (Lipinski definition) is 0. The Morgan fingerprint density at radius 1 is 1.11 bits per heavy atom. The van der Waals surface area contributed by atoms with Crippen LogP contribution in [0.5, 0.6) is 11.6 Å². The largest absolute Gasteiger partial charge is 0.438 e. The molecule has 0 saturated carbocycles. The summed E-state index contributed by atoms with van der Waals surface area (Å²) in [6.45, 7) is 1.82. The molecule has 4 heteroatoms. The summed E-state index contributed by atoms with van der Waals surface area (Å²) in [6, 6.07) is 14.2. The summed E-state index contributed by atoms with van der Waals surface area (Å²) in [6.07, 6.45) is 0. The second kappa shape index (κ2) is 4.99. The fourth-order valence-corrected chi connectivity index (χ4v) is 1.44. The highest BCUT2D eigenvalue weighted by atomic mass is 16.5. The van der Waals surface area contributed by atoms with Crippen molar-refractivity contribution in [2.75, 3.05) is 0 Å². The maximum atomic E-state index is 8.97. The fourth-order valence-electron chi connectivity index (χ4n) is 1.44. The van der Waals surface area contributed by atoms with Crippen molar-refractivity contribution >= 4 is 0 Å². The van der Waals surface area contributed by atoms with Crippen LogP contribution in [0.2, 0.25) is 0 Å². The van der Waals surface area contributed by atoms with E-state index in [9.17, 15) is 0 Å². The van der Waals surface area contributed by atoms with Crippen molar-refractivity contribution in [2.45, 2.75) is 6.92 Å². The van der Waals surface area contributed by atoms with Gasteiger partial charge in [-0.1, -0.05) is 6.07 Å². The first-order chi connectivity index (χ1) is 8.72. The Balaban J connectivity index is 2.37. The Bertz CT molecular complexity index is 665. The van der Waals surface area contributed by atoms with Gasteiger partial charge in [0.25, 0.3) is 0 Å². The number of hydrogen-bond acceptors (Lipinski definition) is 4. The Morgan fingerprint density at radius 3 is 2.67 bits per heavy atom. The number of pyridine rings is 1. The zero-order chi connectivity index (χ0) is 13.0. The third-order valence-corrected chi connectivity index (χ3v) is 2.30. The van der Waals surface area contributed by atoms with Gasteiger partial charge in [0.1, 0.15) is 17.4 Å². The van der Waals surface area contributed by atoms with Crippen LogP contribution in [0, 0.1) is 29.6 Å². The molecule has 0 atom stereocenters. The van der Waals surface area contributed by atoms with E-state index in [2.05, 4.69) is 4.98 Å². The summed E-state index contributed by atoms with van der Waals surface area (Å²) in [5.74, 6) is 0.747. The maximum Gasteiger partial charge on any atom is 0.237 e. The Kier molecular flexibility index (Phi) is 3.22.